The van der Waals surface area contributed by atoms with E-state index in [1.165, 1.54) is 4.90 Å². The normalized spacial score (nSPS) is 10.6. The molecule has 0 bridgehead atoms. The summed E-state index contributed by atoms with van der Waals surface area (Å²) in [6, 6.07) is 10.2. The predicted octanol–water partition coefficient (Wildman–Crippen LogP) is 3.73. The van der Waals surface area contributed by atoms with Crippen LogP contribution < -0.4 is 5.32 Å². The van der Waals surface area contributed by atoms with Gasteiger partial charge in [0, 0.05) is 22.8 Å². The molecule has 0 saturated heterocycles. The fraction of sp³-hybridized carbons (Fsp3) is 0.312. The van der Waals surface area contributed by atoms with Crippen molar-refractivity contribution in [3.63, 3.8) is 0 Å². The van der Waals surface area contributed by atoms with Gasteiger partial charge in [-0.1, -0.05) is 18.2 Å². The Hall–Kier alpha value is -1.68. The summed E-state index contributed by atoms with van der Waals surface area (Å²) < 4.78 is 5.48. The van der Waals surface area contributed by atoms with Crippen molar-refractivity contribution in [3.8, 4) is 0 Å². The predicted molar refractivity (Wildman–Crippen MR) is 82.4 cm³/mol. The van der Waals surface area contributed by atoms with Crippen molar-refractivity contribution < 1.29 is 9.21 Å². The van der Waals surface area contributed by atoms with Crippen molar-refractivity contribution in [2.75, 3.05) is 12.3 Å². The lowest BCUT2D eigenvalue weighted by atomic mass is 10.1. The Morgan fingerprint density at radius 3 is 2.45 bits per heavy atom. The van der Waals surface area contributed by atoms with Gasteiger partial charge in [0.1, 0.15) is 11.5 Å². The molecule has 0 aliphatic carbocycles. The highest BCUT2D eigenvalue weighted by Gasteiger charge is 2.17. The molecular weight excluding hydrogens is 270 g/mol. The number of carbonyl (C=O) groups is 1. The molecule has 0 aliphatic rings. The van der Waals surface area contributed by atoms with Crippen LogP contribution in [0.4, 0.5) is 0 Å². The Labute approximate surface area is 123 Å². The van der Waals surface area contributed by atoms with Gasteiger partial charge in [0.25, 0.3) is 5.91 Å². The van der Waals surface area contributed by atoms with Gasteiger partial charge in [-0.25, -0.2) is 0 Å². The van der Waals surface area contributed by atoms with Crippen LogP contribution in [0.25, 0.3) is 0 Å². The van der Waals surface area contributed by atoms with E-state index in [4.69, 9.17) is 4.42 Å². The van der Waals surface area contributed by atoms with Gasteiger partial charge in [-0.05, 0) is 32.9 Å². The van der Waals surface area contributed by atoms with Crippen molar-refractivity contribution in [1.82, 2.24) is 5.32 Å². The lowest BCUT2D eigenvalue weighted by Gasteiger charge is -2.05. The highest BCUT2D eigenvalue weighted by molar-refractivity contribution is 7.99. The number of nitrogens with one attached hydrogen (secondary N) is 1. The van der Waals surface area contributed by atoms with E-state index in [2.05, 4.69) is 17.4 Å². The van der Waals surface area contributed by atoms with Crippen LogP contribution in [-0.2, 0) is 0 Å². The fourth-order valence-corrected chi connectivity index (χ4v) is 2.86. The Bertz CT molecular complexity index is 590. The zero-order valence-electron chi connectivity index (χ0n) is 12.0. The highest BCUT2D eigenvalue weighted by Crippen LogP contribution is 2.20. The largest absolute Gasteiger partial charge is 0.466 e. The molecule has 3 nitrogen and oxygen atoms in total. The average Bonchev–Trinajstić information content (AvgIpc) is 2.69. The van der Waals surface area contributed by atoms with Gasteiger partial charge >= 0.3 is 0 Å². The Morgan fingerprint density at radius 1 is 1.15 bits per heavy atom. The van der Waals surface area contributed by atoms with E-state index in [1.807, 2.05) is 39.0 Å². The first kappa shape index (κ1) is 14.7. The zero-order chi connectivity index (χ0) is 14.5. The highest BCUT2D eigenvalue weighted by atomic mass is 32.2. The number of amides is 1. The molecule has 1 aromatic heterocycles. The van der Waals surface area contributed by atoms with Crippen LogP contribution in [0.3, 0.4) is 0 Å². The standard InChI is InChI=1S/C16H19NO2S/c1-11-12(2)19-13(3)15(11)16(18)17-9-10-20-14-7-5-4-6-8-14/h4-8H,9-10H2,1-3H3,(H,17,18). The second kappa shape index (κ2) is 6.66. The first-order chi connectivity index (χ1) is 9.59. The molecule has 4 heteroatoms. The number of carbonyl (C=O) groups excluding carboxylic acids is 1. The molecule has 0 spiro atoms. The van der Waals surface area contributed by atoms with E-state index >= 15 is 0 Å². The van der Waals surface area contributed by atoms with E-state index in [1.54, 1.807) is 11.8 Å². The van der Waals surface area contributed by atoms with Gasteiger partial charge in [0.05, 0.1) is 5.56 Å². The maximum Gasteiger partial charge on any atom is 0.255 e. The topological polar surface area (TPSA) is 42.2 Å². The quantitative estimate of drug-likeness (QED) is 0.673. The van der Waals surface area contributed by atoms with Crippen molar-refractivity contribution in [2.24, 2.45) is 0 Å². The third-order valence-electron chi connectivity index (χ3n) is 3.19. The first-order valence-corrected chi connectivity index (χ1v) is 7.61. The van der Waals surface area contributed by atoms with Crippen LogP contribution in [-0.4, -0.2) is 18.2 Å². The molecule has 106 valence electrons. The summed E-state index contributed by atoms with van der Waals surface area (Å²) in [6.07, 6.45) is 0. The maximum atomic E-state index is 12.1. The molecule has 1 aromatic carbocycles. The van der Waals surface area contributed by atoms with Crippen molar-refractivity contribution >= 4 is 17.7 Å². The molecule has 2 rings (SSSR count). The van der Waals surface area contributed by atoms with E-state index in [9.17, 15) is 4.79 Å². The van der Waals surface area contributed by atoms with Gasteiger partial charge in [0.15, 0.2) is 0 Å². The molecule has 0 atom stereocenters. The number of benzene rings is 1. The second-order valence-electron chi connectivity index (χ2n) is 4.63. The molecule has 2 aromatic rings. The average molecular weight is 289 g/mol. The smallest absolute Gasteiger partial charge is 0.255 e. The molecule has 20 heavy (non-hydrogen) atoms. The summed E-state index contributed by atoms with van der Waals surface area (Å²) in [5.74, 6) is 2.30. The Morgan fingerprint density at radius 2 is 1.85 bits per heavy atom. The number of hydrogen-bond acceptors (Lipinski definition) is 3. The van der Waals surface area contributed by atoms with Gasteiger partial charge in [-0.15, -0.1) is 11.8 Å². The second-order valence-corrected chi connectivity index (χ2v) is 5.80. The van der Waals surface area contributed by atoms with Crippen molar-refractivity contribution in [2.45, 2.75) is 25.7 Å². The lowest BCUT2D eigenvalue weighted by Crippen LogP contribution is -2.26. The summed E-state index contributed by atoms with van der Waals surface area (Å²) in [4.78, 5) is 13.3. The van der Waals surface area contributed by atoms with Gasteiger partial charge < -0.3 is 9.73 Å². The SMILES string of the molecule is Cc1oc(C)c(C(=O)NCCSc2ccccc2)c1C. The third-order valence-corrected chi connectivity index (χ3v) is 4.20. The van der Waals surface area contributed by atoms with Crippen LogP contribution in [0.1, 0.15) is 27.4 Å². The Balaban J connectivity index is 1.84. The van der Waals surface area contributed by atoms with Gasteiger partial charge in [-0.3, -0.25) is 4.79 Å². The van der Waals surface area contributed by atoms with Crippen LogP contribution in [0.15, 0.2) is 39.6 Å². The minimum Gasteiger partial charge on any atom is -0.466 e. The van der Waals surface area contributed by atoms with Crippen LogP contribution in [0.2, 0.25) is 0 Å². The molecular formula is C16H19NO2S. The number of furan rings is 1. The van der Waals surface area contributed by atoms with Gasteiger partial charge in [0.2, 0.25) is 0 Å². The van der Waals surface area contributed by atoms with E-state index in [-0.39, 0.29) is 5.91 Å². The monoisotopic (exact) mass is 289 g/mol. The summed E-state index contributed by atoms with van der Waals surface area (Å²) in [7, 11) is 0. The molecule has 0 fully saturated rings. The molecule has 1 amide bonds. The minimum absolute atomic E-state index is 0.0505. The molecule has 0 radical (unpaired) electrons. The molecule has 0 aliphatic heterocycles. The number of rotatable bonds is 5. The van der Waals surface area contributed by atoms with E-state index < -0.39 is 0 Å². The van der Waals surface area contributed by atoms with Crippen molar-refractivity contribution in [1.29, 1.82) is 0 Å². The van der Waals surface area contributed by atoms with E-state index in [0.717, 1.165) is 17.1 Å². The molecule has 1 N–H and O–H groups in total. The summed E-state index contributed by atoms with van der Waals surface area (Å²) in [6.45, 7) is 6.26. The van der Waals surface area contributed by atoms with Gasteiger partial charge in [-0.2, -0.15) is 0 Å². The van der Waals surface area contributed by atoms with Crippen LogP contribution in [0.5, 0.6) is 0 Å². The third kappa shape index (κ3) is 3.45. The Kier molecular flexibility index (Phi) is 4.90. The number of thioether (sulfide) groups is 1. The molecule has 0 saturated carbocycles. The summed E-state index contributed by atoms with van der Waals surface area (Å²) >= 11 is 1.73. The summed E-state index contributed by atoms with van der Waals surface area (Å²) in [5.41, 5.74) is 1.60. The van der Waals surface area contributed by atoms with Crippen LogP contribution >= 0.6 is 11.8 Å². The number of hydrogen-bond donors (Lipinski definition) is 1. The molecule has 0 unspecified atom stereocenters. The first-order valence-electron chi connectivity index (χ1n) is 6.62. The number of aryl methyl sites for hydroxylation is 2. The van der Waals surface area contributed by atoms with Crippen molar-refractivity contribution in [3.05, 3.63) is 53.0 Å². The minimum atomic E-state index is -0.0505. The van der Waals surface area contributed by atoms with E-state index in [0.29, 0.717) is 17.9 Å². The van der Waals surface area contributed by atoms with Crippen LogP contribution in [0, 0.1) is 20.8 Å². The molecule has 1 heterocycles. The fourth-order valence-electron chi connectivity index (χ4n) is 2.07. The maximum absolute atomic E-state index is 12.1. The summed E-state index contributed by atoms with van der Waals surface area (Å²) in [5, 5.41) is 2.94. The zero-order valence-corrected chi connectivity index (χ0v) is 12.8. The lowest BCUT2D eigenvalue weighted by molar-refractivity contribution is 0.0954.